The van der Waals surface area contributed by atoms with Crippen LogP contribution in [0.5, 0.6) is 5.75 Å². The van der Waals surface area contributed by atoms with Gasteiger partial charge >= 0.3 is 0 Å². The zero-order valence-electron chi connectivity index (χ0n) is 8.86. The highest BCUT2D eigenvalue weighted by Gasteiger charge is 2.27. The van der Waals surface area contributed by atoms with Crippen LogP contribution in [0.25, 0.3) is 0 Å². The van der Waals surface area contributed by atoms with Gasteiger partial charge in [-0.05, 0) is 19.1 Å². The summed E-state index contributed by atoms with van der Waals surface area (Å²) in [7, 11) is 1.61. The fourth-order valence-corrected chi connectivity index (χ4v) is 1.66. The summed E-state index contributed by atoms with van der Waals surface area (Å²) in [5, 5.41) is 1.58. The number of hydrogen-bond donors (Lipinski definition) is 1. The predicted octanol–water partition coefficient (Wildman–Crippen LogP) is 1.32. The number of nitrogens with one attached hydrogen (secondary N) is 1. The minimum atomic E-state index is 0.0933. The minimum Gasteiger partial charge on any atom is -0.497 e. The van der Waals surface area contributed by atoms with Crippen molar-refractivity contribution in [1.82, 2.24) is 5.43 Å². The van der Waals surface area contributed by atoms with Crippen molar-refractivity contribution in [2.75, 3.05) is 12.1 Å². The van der Waals surface area contributed by atoms with Crippen LogP contribution in [0.1, 0.15) is 13.3 Å². The van der Waals surface area contributed by atoms with Gasteiger partial charge in [0.2, 0.25) is 5.91 Å². The Bertz CT molecular complexity index is 379. The van der Waals surface area contributed by atoms with Crippen molar-refractivity contribution in [3.63, 3.8) is 0 Å². The summed E-state index contributed by atoms with van der Waals surface area (Å²) in [6, 6.07) is 7.64. The Hall–Kier alpha value is -1.55. The normalized spacial score (nSPS) is 20.8. The third kappa shape index (κ3) is 1.94. The fraction of sp³-hybridized carbons (Fsp3) is 0.364. The molecule has 15 heavy (non-hydrogen) atoms. The fourth-order valence-electron chi connectivity index (χ4n) is 1.66. The number of carbonyl (C=O) groups excluding carboxylic acids is 1. The smallest absolute Gasteiger partial charge is 0.242 e. The van der Waals surface area contributed by atoms with Crippen LogP contribution in [0, 0.1) is 0 Å². The molecule has 0 spiro atoms. The number of rotatable bonds is 2. The SMILES string of the molecule is COc1cccc(N2NC(C)CC2=O)c1. The van der Waals surface area contributed by atoms with Crippen molar-refractivity contribution >= 4 is 11.6 Å². The maximum atomic E-state index is 11.6. The summed E-state index contributed by atoms with van der Waals surface area (Å²) < 4.78 is 5.11. The molecule has 1 heterocycles. The molecule has 1 aromatic rings. The number of carbonyl (C=O) groups is 1. The van der Waals surface area contributed by atoms with Gasteiger partial charge in [0.05, 0.1) is 12.8 Å². The molecular weight excluding hydrogens is 192 g/mol. The number of hydrazine groups is 1. The molecule has 1 saturated heterocycles. The van der Waals surface area contributed by atoms with E-state index >= 15 is 0 Å². The Balaban J connectivity index is 2.25. The van der Waals surface area contributed by atoms with Crippen molar-refractivity contribution in [2.45, 2.75) is 19.4 Å². The monoisotopic (exact) mass is 206 g/mol. The number of amides is 1. The van der Waals surface area contributed by atoms with Crippen LogP contribution in [0.3, 0.4) is 0 Å². The summed E-state index contributed by atoms with van der Waals surface area (Å²) in [5.41, 5.74) is 3.92. The molecule has 1 amide bonds. The molecule has 4 heteroatoms. The molecule has 1 N–H and O–H groups in total. The largest absolute Gasteiger partial charge is 0.497 e. The number of anilines is 1. The van der Waals surface area contributed by atoms with Crippen molar-refractivity contribution in [3.05, 3.63) is 24.3 Å². The standard InChI is InChI=1S/C11H14N2O2/c1-8-6-11(14)13(12-8)9-4-3-5-10(7-9)15-2/h3-5,7-8,12H,6H2,1-2H3. The van der Waals surface area contributed by atoms with E-state index in [4.69, 9.17) is 4.74 Å². The molecule has 80 valence electrons. The number of methoxy groups -OCH3 is 1. The molecule has 0 bridgehead atoms. The van der Waals surface area contributed by atoms with E-state index in [-0.39, 0.29) is 11.9 Å². The average Bonchev–Trinajstić information content (AvgIpc) is 2.58. The van der Waals surface area contributed by atoms with Crippen LogP contribution in [-0.2, 0) is 4.79 Å². The second-order valence-corrected chi connectivity index (χ2v) is 3.66. The lowest BCUT2D eigenvalue weighted by atomic mass is 10.2. The molecule has 2 rings (SSSR count). The first-order valence-electron chi connectivity index (χ1n) is 4.94. The molecule has 0 aliphatic carbocycles. The lowest BCUT2D eigenvalue weighted by molar-refractivity contribution is -0.117. The van der Waals surface area contributed by atoms with Crippen molar-refractivity contribution < 1.29 is 9.53 Å². The van der Waals surface area contributed by atoms with Gasteiger partial charge in [-0.15, -0.1) is 0 Å². The van der Waals surface area contributed by atoms with Crippen LogP contribution in [-0.4, -0.2) is 19.1 Å². The summed E-state index contributed by atoms with van der Waals surface area (Å²) in [6.07, 6.45) is 0.539. The molecule has 1 aliphatic heterocycles. The summed E-state index contributed by atoms with van der Waals surface area (Å²) in [4.78, 5) is 11.6. The predicted molar refractivity (Wildman–Crippen MR) is 57.7 cm³/mol. The van der Waals surface area contributed by atoms with Gasteiger partial charge in [-0.1, -0.05) is 6.07 Å². The van der Waals surface area contributed by atoms with E-state index in [0.717, 1.165) is 11.4 Å². The van der Waals surface area contributed by atoms with Gasteiger partial charge in [0.25, 0.3) is 0 Å². The van der Waals surface area contributed by atoms with Crippen LogP contribution in [0.4, 0.5) is 5.69 Å². The summed E-state index contributed by atoms with van der Waals surface area (Å²) >= 11 is 0. The zero-order chi connectivity index (χ0) is 10.8. The van der Waals surface area contributed by atoms with Gasteiger partial charge in [0, 0.05) is 18.5 Å². The van der Waals surface area contributed by atoms with Gasteiger partial charge in [0.15, 0.2) is 0 Å². The Morgan fingerprint density at radius 3 is 2.93 bits per heavy atom. The highest BCUT2D eigenvalue weighted by molar-refractivity contribution is 5.95. The molecule has 1 unspecified atom stereocenters. The first kappa shape index (κ1) is 9.98. The van der Waals surface area contributed by atoms with E-state index in [1.54, 1.807) is 12.1 Å². The van der Waals surface area contributed by atoms with E-state index in [9.17, 15) is 4.79 Å². The summed E-state index contributed by atoms with van der Waals surface area (Å²) in [6.45, 7) is 1.98. The molecule has 0 aromatic heterocycles. The van der Waals surface area contributed by atoms with Crippen LogP contribution in [0.15, 0.2) is 24.3 Å². The molecule has 4 nitrogen and oxygen atoms in total. The first-order valence-corrected chi connectivity index (χ1v) is 4.94. The van der Waals surface area contributed by atoms with Crippen molar-refractivity contribution in [2.24, 2.45) is 0 Å². The Labute approximate surface area is 88.8 Å². The molecule has 1 aliphatic rings. The molecule has 1 aromatic carbocycles. The quantitative estimate of drug-likeness (QED) is 0.793. The first-order chi connectivity index (χ1) is 7.20. The van der Waals surface area contributed by atoms with Crippen molar-refractivity contribution in [1.29, 1.82) is 0 Å². The average molecular weight is 206 g/mol. The molecule has 0 radical (unpaired) electrons. The molecule has 1 atom stereocenters. The third-order valence-corrected chi connectivity index (χ3v) is 2.39. The van der Waals surface area contributed by atoms with E-state index < -0.39 is 0 Å². The highest BCUT2D eigenvalue weighted by atomic mass is 16.5. The van der Waals surface area contributed by atoms with E-state index in [2.05, 4.69) is 5.43 Å². The van der Waals surface area contributed by atoms with Crippen molar-refractivity contribution in [3.8, 4) is 5.75 Å². The number of ether oxygens (including phenoxy) is 1. The Morgan fingerprint density at radius 1 is 1.53 bits per heavy atom. The second kappa shape index (κ2) is 3.90. The topological polar surface area (TPSA) is 41.6 Å². The van der Waals surface area contributed by atoms with Gasteiger partial charge in [0.1, 0.15) is 5.75 Å². The highest BCUT2D eigenvalue weighted by Crippen LogP contribution is 2.23. The lowest BCUT2D eigenvalue weighted by Crippen LogP contribution is -2.36. The second-order valence-electron chi connectivity index (χ2n) is 3.66. The minimum absolute atomic E-state index is 0.0933. The number of nitrogens with zero attached hydrogens (tertiary/aromatic N) is 1. The van der Waals surface area contributed by atoms with Gasteiger partial charge in [-0.25, -0.2) is 10.4 Å². The molecule has 0 saturated carbocycles. The van der Waals surface area contributed by atoms with Gasteiger partial charge in [-0.3, -0.25) is 4.79 Å². The Morgan fingerprint density at radius 2 is 2.33 bits per heavy atom. The van der Waals surface area contributed by atoms with Crippen LogP contribution >= 0.6 is 0 Å². The maximum Gasteiger partial charge on any atom is 0.242 e. The Kier molecular flexibility index (Phi) is 2.60. The van der Waals surface area contributed by atoms with Crippen LogP contribution < -0.4 is 15.2 Å². The summed E-state index contributed by atoms with van der Waals surface area (Å²) in [5.74, 6) is 0.845. The van der Waals surface area contributed by atoms with Crippen LogP contribution in [0.2, 0.25) is 0 Å². The molecule has 1 fully saturated rings. The van der Waals surface area contributed by atoms with Gasteiger partial charge in [-0.2, -0.15) is 0 Å². The maximum absolute atomic E-state index is 11.6. The number of hydrogen-bond acceptors (Lipinski definition) is 3. The third-order valence-electron chi connectivity index (χ3n) is 2.39. The van der Waals surface area contributed by atoms with Gasteiger partial charge < -0.3 is 4.74 Å². The number of benzene rings is 1. The lowest BCUT2D eigenvalue weighted by Gasteiger charge is -2.17. The van der Waals surface area contributed by atoms with E-state index in [0.29, 0.717) is 6.42 Å². The zero-order valence-corrected chi connectivity index (χ0v) is 8.86. The van der Waals surface area contributed by atoms with E-state index in [1.807, 2.05) is 31.2 Å². The van der Waals surface area contributed by atoms with E-state index in [1.165, 1.54) is 0 Å². The molecular formula is C11H14N2O2.